The molecule has 0 saturated heterocycles. The molecule has 1 aromatic rings. The van der Waals surface area contributed by atoms with Crippen LogP contribution in [0.1, 0.15) is 74.3 Å². The summed E-state index contributed by atoms with van der Waals surface area (Å²) in [7, 11) is 0. The summed E-state index contributed by atoms with van der Waals surface area (Å²) in [5.41, 5.74) is 1.16. The molecular formula is C22H28F2. The molecule has 0 atom stereocenters. The van der Waals surface area contributed by atoms with Gasteiger partial charge in [-0.05, 0) is 92.7 Å². The van der Waals surface area contributed by atoms with Crippen molar-refractivity contribution >= 4 is 0 Å². The molecule has 0 radical (unpaired) electrons. The van der Waals surface area contributed by atoms with Crippen LogP contribution in [0.15, 0.2) is 37.4 Å². The van der Waals surface area contributed by atoms with Crippen molar-refractivity contribution in [2.75, 3.05) is 0 Å². The molecule has 24 heavy (non-hydrogen) atoms. The van der Waals surface area contributed by atoms with Crippen molar-refractivity contribution in [3.05, 3.63) is 60.2 Å². The summed E-state index contributed by atoms with van der Waals surface area (Å²) >= 11 is 0. The Labute approximate surface area is 144 Å². The Balaban J connectivity index is 1.74. The second kappa shape index (κ2) is 7.63. The minimum atomic E-state index is -0.335. The van der Waals surface area contributed by atoms with E-state index in [-0.39, 0.29) is 23.5 Å². The number of allylic oxidation sites excluding steroid dienone is 2. The van der Waals surface area contributed by atoms with Crippen LogP contribution in [0.3, 0.4) is 0 Å². The second-order valence-electron chi connectivity index (χ2n) is 7.59. The third-order valence-corrected chi connectivity index (χ3v) is 6.19. The fourth-order valence-corrected chi connectivity index (χ4v) is 4.56. The number of rotatable bonds is 4. The van der Waals surface area contributed by atoms with Crippen LogP contribution in [-0.2, 0) is 0 Å². The Morgan fingerprint density at radius 2 is 1.12 bits per heavy atom. The van der Waals surface area contributed by atoms with E-state index in [1.54, 1.807) is 12.1 Å². The standard InChI is InChI=1S/C22H28F2/c1-3-15-5-9-17(10-6-15)19-13-20(23)22(21(24)14-19)18-11-7-16(4-2)8-12-18/h3-4,13-18H,1-2,5-12H2. The van der Waals surface area contributed by atoms with Gasteiger partial charge in [0.2, 0.25) is 0 Å². The van der Waals surface area contributed by atoms with E-state index in [4.69, 9.17) is 0 Å². The highest BCUT2D eigenvalue weighted by Crippen LogP contribution is 2.41. The second-order valence-corrected chi connectivity index (χ2v) is 7.59. The lowest BCUT2D eigenvalue weighted by Gasteiger charge is -2.29. The van der Waals surface area contributed by atoms with Crippen LogP contribution in [0.4, 0.5) is 8.78 Å². The molecule has 0 aliphatic heterocycles. The van der Waals surface area contributed by atoms with Crippen molar-refractivity contribution in [2.24, 2.45) is 11.8 Å². The van der Waals surface area contributed by atoms with Crippen LogP contribution < -0.4 is 0 Å². The van der Waals surface area contributed by atoms with E-state index < -0.39 is 0 Å². The Hall–Kier alpha value is -1.44. The molecule has 0 nitrogen and oxygen atoms in total. The number of benzene rings is 1. The molecule has 2 aliphatic carbocycles. The molecule has 2 fully saturated rings. The third kappa shape index (κ3) is 3.63. The molecule has 2 aliphatic rings. The van der Waals surface area contributed by atoms with Gasteiger partial charge in [-0.3, -0.25) is 0 Å². The molecule has 2 heteroatoms. The molecule has 0 bridgehead atoms. The Morgan fingerprint density at radius 1 is 0.708 bits per heavy atom. The number of halogens is 2. The molecule has 0 spiro atoms. The van der Waals surface area contributed by atoms with Gasteiger partial charge in [0.1, 0.15) is 11.6 Å². The minimum Gasteiger partial charge on any atom is -0.207 e. The maximum atomic E-state index is 14.7. The van der Waals surface area contributed by atoms with E-state index >= 15 is 0 Å². The van der Waals surface area contributed by atoms with Crippen molar-refractivity contribution in [2.45, 2.75) is 63.2 Å². The van der Waals surface area contributed by atoms with Crippen LogP contribution in [0.5, 0.6) is 0 Å². The predicted octanol–water partition coefficient (Wildman–Crippen LogP) is 6.88. The molecule has 0 unspecified atom stereocenters. The molecule has 0 heterocycles. The molecule has 0 aromatic heterocycles. The van der Waals surface area contributed by atoms with Gasteiger partial charge in [-0.1, -0.05) is 12.2 Å². The van der Waals surface area contributed by atoms with Gasteiger partial charge in [-0.2, -0.15) is 0 Å². The van der Waals surface area contributed by atoms with E-state index in [1.165, 1.54) is 0 Å². The van der Waals surface area contributed by atoms with Gasteiger partial charge in [0.05, 0.1) is 0 Å². The fourth-order valence-electron chi connectivity index (χ4n) is 4.56. The van der Waals surface area contributed by atoms with Crippen molar-refractivity contribution in [3.8, 4) is 0 Å². The maximum Gasteiger partial charge on any atom is 0.129 e. The first-order valence-corrected chi connectivity index (χ1v) is 9.36. The third-order valence-electron chi connectivity index (χ3n) is 6.19. The topological polar surface area (TPSA) is 0 Å². The summed E-state index contributed by atoms with van der Waals surface area (Å²) in [5, 5.41) is 0. The average molecular weight is 330 g/mol. The largest absolute Gasteiger partial charge is 0.207 e. The lowest BCUT2D eigenvalue weighted by atomic mass is 9.76. The Bertz CT molecular complexity index is 565. The van der Waals surface area contributed by atoms with Gasteiger partial charge in [-0.15, -0.1) is 13.2 Å². The normalized spacial score (nSPS) is 30.8. The number of hydrogen-bond donors (Lipinski definition) is 0. The minimum absolute atomic E-state index is 0.0201. The smallest absolute Gasteiger partial charge is 0.129 e. The van der Waals surface area contributed by atoms with Gasteiger partial charge >= 0.3 is 0 Å². The number of hydrogen-bond acceptors (Lipinski definition) is 0. The van der Waals surface area contributed by atoms with Gasteiger partial charge in [0.15, 0.2) is 0 Å². The first kappa shape index (κ1) is 17.4. The first-order chi connectivity index (χ1) is 11.6. The van der Waals surface area contributed by atoms with E-state index in [1.807, 2.05) is 12.2 Å². The highest BCUT2D eigenvalue weighted by molar-refractivity contribution is 5.32. The van der Waals surface area contributed by atoms with Crippen molar-refractivity contribution < 1.29 is 8.78 Å². The predicted molar refractivity (Wildman–Crippen MR) is 96.2 cm³/mol. The Morgan fingerprint density at radius 3 is 1.54 bits per heavy atom. The summed E-state index contributed by atoms with van der Waals surface area (Å²) in [6.07, 6.45) is 11.8. The van der Waals surface area contributed by atoms with Gasteiger partial charge < -0.3 is 0 Å². The zero-order valence-electron chi connectivity index (χ0n) is 14.4. The van der Waals surface area contributed by atoms with E-state index in [9.17, 15) is 8.78 Å². The van der Waals surface area contributed by atoms with Gasteiger partial charge in [0.25, 0.3) is 0 Å². The zero-order valence-corrected chi connectivity index (χ0v) is 14.4. The molecule has 1 aromatic carbocycles. The monoisotopic (exact) mass is 330 g/mol. The maximum absolute atomic E-state index is 14.7. The van der Waals surface area contributed by atoms with Crippen molar-refractivity contribution in [1.29, 1.82) is 0 Å². The van der Waals surface area contributed by atoms with Crippen LogP contribution in [0, 0.1) is 23.5 Å². The molecule has 130 valence electrons. The molecule has 2 saturated carbocycles. The molecular weight excluding hydrogens is 302 g/mol. The summed E-state index contributed by atoms with van der Waals surface area (Å²) in [6, 6.07) is 3.22. The van der Waals surface area contributed by atoms with E-state index in [0.717, 1.165) is 56.9 Å². The highest BCUT2D eigenvalue weighted by Gasteiger charge is 2.28. The van der Waals surface area contributed by atoms with Gasteiger partial charge in [0, 0.05) is 5.56 Å². The van der Waals surface area contributed by atoms with E-state index in [0.29, 0.717) is 17.4 Å². The summed E-state index contributed by atoms with van der Waals surface area (Å²) in [4.78, 5) is 0. The lowest BCUT2D eigenvalue weighted by molar-refractivity contribution is 0.356. The Kier molecular flexibility index (Phi) is 5.53. The summed E-state index contributed by atoms with van der Waals surface area (Å²) in [6.45, 7) is 7.70. The fraction of sp³-hybridized carbons (Fsp3) is 0.545. The highest BCUT2D eigenvalue weighted by atomic mass is 19.1. The first-order valence-electron chi connectivity index (χ1n) is 9.36. The quantitative estimate of drug-likeness (QED) is 0.528. The summed E-state index contributed by atoms with van der Waals surface area (Å²) < 4.78 is 29.4. The van der Waals surface area contributed by atoms with Crippen molar-refractivity contribution in [1.82, 2.24) is 0 Å². The van der Waals surface area contributed by atoms with Crippen molar-refractivity contribution in [3.63, 3.8) is 0 Å². The molecule has 0 amide bonds. The zero-order chi connectivity index (χ0) is 17.1. The SMILES string of the molecule is C=CC1CCC(c2cc(F)c(C3CCC(C=C)CC3)c(F)c2)CC1. The van der Waals surface area contributed by atoms with Crippen LogP contribution in [0.2, 0.25) is 0 Å². The van der Waals surface area contributed by atoms with Crippen LogP contribution >= 0.6 is 0 Å². The average Bonchev–Trinajstić information content (AvgIpc) is 2.61. The van der Waals surface area contributed by atoms with Gasteiger partial charge in [-0.25, -0.2) is 8.78 Å². The lowest BCUT2D eigenvalue weighted by Crippen LogP contribution is -2.16. The van der Waals surface area contributed by atoms with E-state index in [2.05, 4.69) is 13.2 Å². The molecule has 0 N–H and O–H groups in total. The van der Waals surface area contributed by atoms with Crippen LogP contribution in [-0.4, -0.2) is 0 Å². The summed E-state index contributed by atoms with van der Waals surface area (Å²) in [5.74, 6) is 0.709. The van der Waals surface area contributed by atoms with Crippen LogP contribution in [0.25, 0.3) is 0 Å². The molecule has 3 rings (SSSR count).